The van der Waals surface area contributed by atoms with Crippen LogP contribution in [0.15, 0.2) is 78.9 Å². The van der Waals surface area contributed by atoms with Crippen molar-refractivity contribution in [3.63, 3.8) is 0 Å². The van der Waals surface area contributed by atoms with Gasteiger partial charge in [0.05, 0.1) is 0 Å². The van der Waals surface area contributed by atoms with Crippen molar-refractivity contribution < 1.29 is 9.53 Å². The number of hydrogen-bond donors (Lipinski definition) is 0. The number of carbonyl (C=O) groups excluding carboxylic acids is 1. The number of fused-ring (bicyclic) bond motifs is 1. The van der Waals surface area contributed by atoms with E-state index in [4.69, 9.17) is 4.74 Å². The van der Waals surface area contributed by atoms with Crippen molar-refractivity contribution in [2.24, 2.45) is 0 Å². The van der Waals surface area contributed by atoms with Crippen molar-refractivity contribution in [1.29, 1.82) is 0 Å². The van der Waals surface area contributed by atoms with Crippen LogP contribution in [-0.4, -0.2) is 20.9 Å². The van der Waals surface area contributed by atoms with Crippen LogP contribution >= 0.6 is 0 Å². The van der Waals surface area contributed by atoms with Crippen LogP contribution in [0.25, 0.3) is 0 Å². The van der Waals surface area contributed by atoms with Crippen molar-refractivity contribution in [2.45, 2.75) is 17.8 Å². The zero-order valence-corrected chi connectivity index (χ0v) is 15.6. The molecule has 0 unspecified atom stereocenters. The summed E-state index contributed by atoms with van der Waals surface area (Å²) in [5, 5.41) is 0. The van der Waals surface area contributed by atoms with Crippen molar-refractivity contribution in [3.05, 3.63) is 101 Å². The van der Waals surface area contributed by atoms with Gasteiger partial charge in [0.15, 0.2) is 0 Å². The molecule has 3 heteroatoms. The van der Waals surface area contributed by atoms with E-state index in [0.29, 0.717) is 5.56 Å². The summed E-state index contributed by atoms with van der Waals surface area (Å²) in [7, 11) is 0. The first-order valence-electron chi connectivity index (χ1n) is 8.30. The van der Waals surface area contributed by atoms with E-state index in [2.05, 4.69) is 37.3 Å². The van der Waals surface area contributed by atoms with Gasteiger partial charge in [-0.3, -0.25) is 0 Å². The molecule has 0 saturated heterocycles. The number of ether oxygens (including phenoxy) is 1. The molecule has 25 heavy (non-hydrogen) atoms. The van der Waals surface area contributed by atoms with E-state index in [1.807, 2.05) is 48.5 Å². The first-order valence-corrected chi connectivity index (χ1v) is 10.1. The third-order valence-corrected chi connectivity index (χ3v) is 7.10. The Hall–Kier alpha value is -2.35. The van der Waals surface area contributed by atoms with Crippen LogP contribution in [0.5, 0.6) is 0 Å². The number of aryl methyl sites for hydroxylation is 1. The molecule has 1 aliphatic rings. The molecule has 1 aliphatic heterocycles. The van der Waals surface area contributed by atoms with Gasteiger partial charge in [0.25, 0.3) is 0 Å². The molecule has 2 atom stereocenters. The predicted octanol–water partition coefficient (Wildman–Crippen LogP) is 3.98. The summed E-state index contributed by atoms with van der Waals surface area (Å²) in [5.74, 6) is -0.219. The van der Waals surface area contributed by atoms with E-state index in [1.165, 1.54) is 10.0 Å². The zero-order chi connectivity index (χ0) is 17.2. The normalized spacial score (nSPS) is 19.2. The summed E-state index contributed by atoms with van der Waals surface area (Å²) in [5.41, 5.74) is 4.06. The van der Waals surface area contributed by atoms with E-state index >= 15 is 0 Å². The maximum absolute atomic E-state index is 12.6. The van der Waals surface area contributed by atoms with Crippen LogP contribution in [-0.2, 0) is 4.74 Å². The molecular weight excluding hydrogens is 375 g/mol. The van der Waals surface area contributed by atoms with Gasteiger partial charge in [0.1, 0.15) is 0 Å². The molecule has 0 aromatic heterocycles. The van der Waals surface area contributed by atoms with Crippen LogP contribution in [0.1, 0.15) is 38.0 Å². The monoisotopic (exact) mass is 394 g/mol. The van der Waals surface area contributed by atoms with Gasteiger partial charge >= 0.3 is 154 Å². The number of esters is 1. The van der Waals surface area contributed by atoms with Gasteiger partial charge < -0.3 is 0 Å². The van der Waals surface area contributed by atoms with Crippen LogP contribution in [0.3, 0.4) is 0 Å². The number of carbonyl (C=O) groups is 1. The second kappa shape index (κ2) is 6.87. The quantitative estimate of drug-likeness (QED) is 0.497. The Kier molecular flexibility index (Phi) is 4.44. The topological polar surface area (TPSA) is 26.3 Å². The molecule has 3 aromatic rings. The predicted molar refractivity (Wildman–Crippen MR) is 100 cm³/mol. The molecule has 0 spiro atoms. The molecule has 0 N–H and O–H groups in total. The first-order chi connectivity index (χ1) is 12.2. The Balaban J connectivity index is 1.82. The Morgan fingerprint density at radius 1 is 0.880 bits per heavy atom. The summed E-state index contributed by atoms with van der Waals surface area (Å²) >= 11 is 0.158. The summed E-state index contributed by atoms with van der Waals surface area (Å²) in [6, 6.07) is 26.6. The minimum atomic E-state index is -0.233. The summed E-state index contributed by atoms with van der Waals surface area (Å²) < 4.78 is 7.21. The summed E-state index contributed by atoms with van der Waals surface area (Å²) in [6.07, 6.45) is -0.233. The van der Waals surface area contributed by atoms with Crippen LogP contribution in [0, 0.1) is 6.92 Å². The van der Waals surface area contributed by atoms with E-state index in [9.17, 15) is 4.79 Å². The van der Waals surface area contributed by atoms with Crippen LogP contribution in [0.4, 0.5) is 0 Å². The second-order valence-corrected chi connectivity index (χ2v) is 8.73. The molecule has 0 aliphatic carbocycles. The average Bonchev–Trinajstić information content (AvgIpc) is 2.65. The SMILES string of the molecule is Cc1ccc2c(c1)[C@H]([Se]c1ccccc1)[C@@H](c1ccccc1)OC2=O. The van der Waals surface area contributed by atoms with Crippen molar-refractivity contribution in [3.8, 4) is 0 Å². The average molecular weight is 393 g/mol. The van der Waals surface area contributed by atoms with Crippen LogP contribution in [0.2, 0.25) is 0 Å². The summed E-state index contributed by atoms with van der Waals surface area (Å²) in [4.78, 5) is 12.7. The van der Waals surface area contributed by atoms with E-state index in [1.54, 1.807) is 0 Å². The number of rotatable bonds is 3. The number of benzene rings is 3. The first kappa shape index (κ1) is 16.1. The van der Waals surface area contributed by atoms with Gasteiger partial charge in [0.2, 0.25) is 0 Å². The van der Waals surface area contributed by atoms with Gasteiger partial charge in [-0.2, -0.15) is 0 Å². The fraction of sp³-hybridized carbons (Fsp3) is 0.136. The van der Waals surface area contributed by atoms with Gasteiger partial charge in [-0.1, -0.05) is 0 Å². The Morgan fingerprint density at radius 3 is 2.28 bits per heavy atom. The molecule has 4 rings (SSSR count). The third kappa shape index (κ3) is 3.26. The van der Waals surface area contributed by atoms with Gasteiger partial charge in [-0.15, -0.1) is 0 Å². The van der Waals surface area contributed by atoms with E-state index in [-0.39, 0.29) is 31.8 Å². The van der Waals surface area contributed by atoms with Crippen molar-refractivity contribution >= 4 is 25.4 Å². The zero-order valence-electron chi connectivity index (χ0n) is 13.9. The Labute approximate surface area is 154 Å². The second-order valence-electron chi connectivity index (χ2n) is 6.18. The van der Waals surface area contributed by atoms with Gasteiger partial charge in [-0.05, 0) is 0 Å². The van der Waals surface area contributed by atoms with E-state index < -0.39 is 0 Å². The molecule has 0 bridgehead atoms. The van der Waals surface area contributed by atoms with Gasteiger partial charge in [0, 0.05) is 0 Å². The fourth-order valence-electron chi connectivity index (χ4n) is 3.16. The molecule has 0 fully saturated rings. The minimum absolute atomic E-state index is 0.158. The fourth-order valence-corrected chi connectivity index (χ4v) is 5.82. The number of cyclic esters (lactones) is 1. The van der Waals surface area contributed by atoms with Crippen molar-refractivity contribution in [2.75, 3.05) is 0 Å². The molecule has 0 radical (unpaired) electrons. The molecule has 1 heterocycles. The third-order valence-electron chi connectivity index (χ3n) is 4.38. The van der Waals surface area contributed by atoms with Crippen molar-refractivity contribution in [1.82, 2.24) is 0 Å². The maximum atomic E-state index is 12.6. The molecule has 124 valence electrons. The number of hydrogen-bond acceptors (Lipinski definition) is 2. The Bertz CT molecular complexity index is 890. The van der Waals surface area contributed by atoms with E-state index in [0.717, 1.165) is 11.1 Å². The molecule has 3 aromatic carbocycles. The van der Waals surface area contributed by atoms with Crippen LogP contribution < -0.4 is 4.46 Å². The van der Waals surface area contributed by atoms with Gasteiger partial charge in [-0.25, -0.2) is 0 Å². The standard InChI is InChI=1S/C22H18O2Se/c1-15-12-13-18-19(14-15)21(25-17-10-6-3-7-11-17)20(24-22(18)23)16-8-4-2-5-9-16/h2-14,20-21H,1H3/t20-,21+/m1/s1. The molecule has 0 saturated carbocycles. The molecule has 0 amide bonds. The summed E-state index contributed by atoms with van der Waals surface area (Å²) in [6.45, 7) is 2.07. The molecule has 2 nitrogen and oxygen atoms in total. The molecular formula is C22H18O2Se. The Morgan fingerprint density at radius 2 is 1.56 bits per heavy atom.